The van der Waals surface area contributed by atoms with Gasteiger partial charge in [-0.2, -0.15) is 0 Å². The van der Waals surface area contributed by atoms with Crippen molar-refractivity contribution in [3.05, 3.63) is 12.2 Å². The van der Waals surface area contributed by atoms with Crippen molar-refractivity contribution in [2.45, 2.75) is 18.9 Å². The molecule has 0 bridgehead atoms. The molecule has 1 aliphatic heterocycles. The number of likely N-dealkylation sites (tertiary alicyclic amines) is 1. The van der Waals surface area contributed by atoms with Gasteiger partial charge in [0.25, 0.3) is 5.91 Å². The number of hydrogen-bond donors (Lipinski definition) is 2. The molecule has 1 atom stereocenters. The number of urea groups is 1. The normalized spacial score (nSPS) is 19.7. The van der Waals surface area contributed by atoms with Crippen molar-refractivity contribution in [3.63, 3.8) is 0 Å². The van der Waals surface area contributed by atoms with Crippen LogP contribution in [0.2, 0.25) is 0 Å². The van der Waals surface area contributed by atoms with E-state index in [0.717, 1.165) is 18.9 Å². The highest BCUT2D eigenvalue weighted by atomic mass is 16.4. The molecular weight excluding hydrogens is 250 g/mol. The van der Waals surface area contributed by atoms with Crippen LogP contribution in [0.25, 0.3) is 0 Å². The maximum Gasteiger partial charge on any atom is 0.328 e. The SMILES string of the molecule is CN(C)C1CCCN(C(=O)NC(=O)C=CC(=O)O)C1. The summed E-state index contributed by atoms with van der Waals surface area (Å²) < 4.78 is 0. The predicted molar refractivity (Wildman–Crippen MR) is 68.6 cm³/mol. The number of nitrogens with zero attached hydrogens (tertiary/aromatic N) is 2. The molecule has 1 saturated heterocycles. The Morgan fingerprint density at radius 2 is 2.00 bits per heavy atom. The number of amides is 3. The Morgan fingerprint density at radius 1 is 1.32 bits per heavy atom. The quantitative estimate of drug-likeness (QED) is 0.698. The number of carbonyl (C=O) groups excluding carboxylic acids is 2. The minimum absolute atomic E-state index is 0.282. The Morgan fingerprint density at radius 3 is 2.58 bits per heavy atom. The van der Waals surface area contributed by atoms with Gasteiger partial charge < -0.3 is 14.9 Å². The smallest absolute Gasteiger partial charge is 0.328 e. The first-order chi connectivity index (χ1) is 8.90. The van der Waals surface area contributed by atoms with Crippen molar-refractivity contribution in [1.82, 2.24) is 15.1 Å². The summed E-state index contributed by atoms with van der Waals surface area (Å²) in [6.45, 7) is 1.17. The third-order valence-corrected chi connectivity index (χ3v) is 3.02. The maximum absolute atomic E-state index is 11.8. The minimum Gasteiger partial charge on any atom is -0.478 e. The summed E-state index contributed by atoms with van der Waals surface area (Å²) in [6, 6.07) is -0.198. The van der Waals surface area contributed by atoms with E-state index in [9.17, 15) is 14.4 Å². The van der Waals surface area contributed by atoms with Gasteiger partial charge in [0, 0.05) is 31.3 Å². The highest BCUT2D eigenvalue weighted by Gasteiger charge is 2.25. The van der Waals surface area contributed by atoms with Gasteiger partial charge in [0.2, 0.25) is 0 Å². The lowest BCUT2D eigenvalue weighted by molar-refractivity contribution is -0.131. The first kappa shape index (κ1) is 15.2. The largest absolute Gasteiger partial charge is 0.478 e. The summed E-state index contributed by atoms with van der Waals surface area (Å²) in [5.41, 5.74) is 0. The zero-order valence-electron chi connectivity index (χ0n) is 11.1. The Bertz CT molecular complexity index is 392. The molecule has 3 amide bonds. The molecule has 1 fully saturated rings. The summed E-state index contributed by atoms with van der Waals surface area (Å²) in [5.74, 6) is -1.95. The van der Waals surface area contributed by atoms with Gasteiger partial charge >= 0.3 is 12.0 Å². The molecule has 0 radical (unpaired) electrons. The van der Waals surface area contributed by atoms with Crippen molar-refractivity contribution < 1.29 is 19.5 Å². The molecule has 7 nitrogen and oxygen atoms in total. The van der Waals surface area contributed by atoms with Crippen LogP contribution in [0.15, 0.2) is 12.2 Å². The second-order valence-electron chi connectivity index (χ2n) is 4.67. The molecule has 1 heterocycles. The molecule has 0 aromatic heterocycles. The van der Waals surface area contributed by atoms with Crippen LogP contribution in [-0.4, -0.2) is 66.0 Å². The third-order valence-electron chi connectivity index (χ3n) is 3.02. The summed E-state index contributed by atoms with van der Waals surface area (Å²) in [6.07, 6.45) is 3.42. The van der Waals surface area contributed by atoms with Gasteiger partial charge in [-0.05, 0) is 26.9 Å². The van der Waals surface area contributed by atoms with Crippen LogP contribution in [-0.2, 0) is 9.59 Å². The molecule has 7 heteroatoms. The monoisotopic (exact) mass is 269 g/mol. The third kappa shape index (κ3) is 5.09. The van der Waals surface area contributed by atoms with Crippen molar-refractivity contribution in [2.24, 2.45) is 0 Å². The Labute approximate surface area is 111 Å². The number of likely N-dealkylation sites (N-methyl/N-ethyl adjacent to an activating group) is 1. The number of carboxylic acid groups (broad SMARTS) is 1. The second kappa shape index (κ2) is 6.89. The van der Waals surface area contributed by atoms with Gasteiger partial charge in [0.15, 0.2) is 0 Å². The van der Waals surface area contributed by atoms with Crippen LogP contribution in [0.1, 0.15) is 12.8 Å². The number of piperidine rings is 1. The molecule has 0 saturated carbocycles. The first-order valence-electron chi connectivity index (χ1n) is 6.07. The van der Waals surface area contributed by atoms with Gasteiger partial charge in [0.1, 0.15) is 0 Å². The van der Waals surface area contributed by atoms with E-state index >= 15 is 0 Å². The fourth-order valence-electron chi connectivity index (χ4n) is 1.93. The van der Waals surface area contributed by atoms with Crippen molar-refractivity contribution >= 4 is 17.9 Å². The maximum atomic E-state index is 11.8. The van der Waals surface area contributed by atoms with E-state index in [2.05, 4.69) is 5.32 Å². The van der Waals surface area contributed by atoms with Crippen LogP contribution >= 0.6 is 0 Å². The van der Waals surface area contributed by atoms with Crippen molar-refractivity contribution in [1.29, 1.82) is 0 Å². The Hall–Kier alpha value is -1.89. The van der Waals surface area contributed by atoms with Crippen LogP contribution in [0.3, 0.4) is 0 Å². The second-order valence-corrected chi connectivity index (χ2v) is 4.67. The lowest BCUT2D eigenvalue weighted by atomic mass is 10.1. The van der Waals surface area contributed by atoms with E-state index in [0.29, 0.717) is 19.2 Å². The van der Waals surface area contributed by atoms with Crippen molar-refractivity contribution in [3.8, 4) is 0 Å². The molecule has 19 heavy (non-hydrogen) atoms. The molecule has 0 spiro atoms. The average molecular weight is 269 g/mol. The Balaban J connectivity index is 2.49. The molecule has 1 rings (SSSR count). The lowest BCUT2D eigenvalue weighted by Crippen LogP contribution is -2.51. The van der Waals surface area contributed by atoms with Gasteiger partial charge in [-0.25, -0.2) is 9.59 Å². The summed E-state index contributed by atoms with van der Waals surface area (Å²) in [4.78, 5) is 37.0. The number of hydrogen-bond acceptors (Lipinski definition) is 4. The van der Waals surface area contributed by atoms with E-state index in [1.54, 1.807) is 4.90 Å². The first-order valence-corrected chi connectivity index (χ1v) is 6.07. The highest BCUT2D eigenvalue weighted by Crippen LogP contribution is 2.13. The standard InChI is InChI=1S/C12H19N3O4/c1-14(2)9-4-3-7-15(8-9)12(19)13-10(16)5-6-11(17)18/h5-6,9H,3-4,7-8H2,1-2H3,(H,17,18)(H,13,16,19). The molecule has 0 aromatic carbocycles. The Kier molecular flexibility index (Phi) is 5.50. The van der Waals surface area contributed by atoms with E-state index in [1.807, 2.05) is 19.0 Å². The van der Waals surface area contributed by atoms with Gasteiger partial charge in [0.05, 0.1) is 0 Å². The molecule has 1 aliphatic rings. The fourth-order valence-corrected chi connectivity index (χ4v) is 1.93. The predicted octanol–water partition coefficient (Wildman–Crippen LogP) is -0.111. The molecule has 0 aliphatic carbocycles. The fraction of sp³-hybridized carbons (Fsp3) is 0.583. The number of nitrogens with one attached hydrogen (secondary N) is 1. The summed E-state index contributed by atoms with van der Waals surface area (Å²) >= 11 is 0. The summed E-state index contributed by atoms with van der Waals surface area (Å²) in [5, 5.41) is 10.5. The zero-order valence-corrected chi connectivity index (χ0v) is 11.1. The number of imide groups is 1. The molecule has 2 N–H and O–H groups in total. The molecule has 0 aromatic rings. The minimum atomic E-state index is -1.23. The molecule has 1 unspecified atom stereocenters. The average Bonchev–Trinajstić information content (AvgIpc) is 2.36. The number of carbonyl (C=O) groups is 3. The van der Waals surface area contributed by atoms with Crippen molar-refractivity contribution in [2.75, 3.05) is 27.2 Å². The lowest BCUT2D eigenvalue weighted by Gasteiger charge is -2.35. The number of rotatable bonds is 3. The topological polar surface area (TPSA) is 90.0 Å². The van der Waals surface area contributed by atoms with E-state index in [4.69, 9.17) is 5.11 Å². The van der Waals surface area contributed by atoms with Crippen LogP contribution < -0.4 is 5.32 Å². The molecule has 106 valence electrons. The van der Waals surface area contributed by atoms with Crippen LogP contribution in [0.4, 0.5) is 4.79 Å². The van der Waals surface area contributed by atoms with E-state index in [-0.39, 0.29) is 6.04 Å². The number of carboxylic acids is 1. The highest BCUT2D eigenvalue weighted by molar-refractivity contribution is 6.02. The van der Waals surface area contributed by atoms with Crippen LogP contribution in [0.5, 0.6) is 0 Å². The summed E-state index contributed by atoms with van der Waals surface area (Å²) in [7, 11) is 3.90. The van der Waals surface area contributed by atoms with E-state index in [1.165, 1.54) is 0 Å². The van der Waals surface area contributed by atoms with Crippen LogP contribution in [0, 0.1) is 0 Å². The number of aliphatic carboxylic acids is 1. The van der Waals surface area contributed by atoms with Gasteiger partial charge in [-0.1, -0.05) is 0 Å². The van der Waals surface area contributed by atoms with Gasteiger partial charge in [-0.15, -0.1) is 0 Å². The van der Waals surface area contributed by atoms with E-state index < -0.39 is 17.9 Å². The molecular formula is C12H19N3O4. The zero-order chi connectivity index (χ0) is 14.4. The van der Waals surface area contributed by atoms with Gasteiger partial charge in [-0.3, -0.25) is 10.1 Å².